The van der Waals surface area contributed by atoms with E-state index in [0.29, 0.717) is 12.0 Å². The minimum absolute atomic E-state index is 0.234. The van der Waals surface area contributed by atoms with E-state index in [2.05, 4.69) is 5.43 Å². The molecule has 0 aromatic heterocycles. The van der Waals surface area contributed by atoms with Crippen molar-refractivity contribution in [2.45, 2.75) is 26.2 Å². The van der Waals surface area contributed by atoms with E-state index in [0.717, 1.165) is 29.6 Å². The molecule has 1 heterocycles. The Morgan fingerprint density at radius 1 is 1.45 bits per heavy atom. The highest BCUT2D eigenvalue weighted by Gasteiger charge is 2.33. The normalized spacial score (nSPS) is 16.5. The highest BCUT2D eigenvalue weighted by atomic mass is 32.2. The van der Waals surface area contributed by atoms with Crippen LogP contribution in [0.15, 0.2) is 29.2 Å². The van der Waals surface area contributed by atoms with E-state index < -0.39 is 11.7 Å². The van der Waals surface area contributed by atoms with Gasteiger partial charge in [0.05, 0.1) is 4.91 Å². The van der Waals surface area contributed by atoms with Crippen LogP contribution in [0.4, 0.5) is 4.39 Å². The van der Waals surface area contributed by atoms with Gasteiger partial charge in [-0.15, -0.1) is 0 Å². The lowest BCUT2D eigenvalue weighted by atomic mass is 10.2. The third-order valence-corrected chi connectivity index (χ3v) is 4.28. The van der Waals surface area contributed by atoms with E-state index in [1.165, 1.54) is 12.1 Å². The maximum atomic E-state index is 13.6. The van der Waals surface area contributed by atoms with Gasteiger partial charge in [0.15, 0.2) is 4.32 Å². The molecule has 7 heteroatoms. The van der Waals surface area contributed by atoms with Gasteiger partial charge in [-0.05, 0) is 30.8 Å². The molecule has 1 fully saturated rings. The molecule has 1 saturated heterocycles. The maximum Gasteiger partial charge on any atom is 0.285 e. The van der Waals surface area contributed by atoms with Gasteiger partial charge in [0.1, 0.15) is 5.82 Å². The molecule has 1 aliphatic heterocycles. The topological polar surface area (TPSA) is 49.4 Å². The number of carbonyl (C=O) groups excluding carboxylic acids is 2. The fraction of sp³-hybridized carbons (Fsp3) is 0.267. The zero-order valence-electron chi connectivity index (χ0n) is 12.0. The van der Waals surface area contributed by atoms with Gasteiger partial charge in [0.2, 0.25) is 5.91 Å². The summed E-state index contributed by atoms with van der Waals surface area (Å²) in [6, 6.07) is 6.15. The Morgan fingerprint density at radius 3 is 2.86 bits per heavy atom. The number of thiocarbonyl (C=S) groups is 1. The van der Waals surface area contributed by atoms with Crippen LogP contribution < -0.4 is 5.43 Å². The minimum Gasteiger partial charge on any atom is -0.273 e. The third-order valence-electron chi connectivity index (χ3n) is 2.98. The second-order valence-corrected chi connectivity index (χ2v) is 6.35. The second-order valence-electron chi connectivity index (χ2n) is 4.68. The SMILES string of the molecule is CCCCC(=O)NN1C(=O)/C(=C\c2ccccc2F)SC1=S. The fourth-order valence-corrected chi connectivity index (χ4v) is 2.99. The highest BCUT2D eigenvalue weighted by Crippen LogP contribution is 2.31. The molecule has 116 valence electrons. The van der Waals surface area contributed by atoms with Crippen molar-refractivity contribution in [3.05, 3.63) is 40.6 Å². The fourth-order valence-electron chi connectivity index (χ4n) is 1.82. The molecule has 0 aliphatic carbocycles. The number of carbonyl (C=O) groups is 2. The van der Waals surface area contributed by atoms with Gasteiger partial charge in [0, 0.05) is 12.0 Å². The van der Waals surface area contributed by atoms with Crippen molar-refractivity contribution in [2.24, 2.45) is 0 Å². The largest absolute Gasteiger partial charge is 0.285 e. The van der Waals surface area contributed by atoms with Crippen LogP contribution >= 0.6 is 24.0 Å². The Hall–Kier alpha value is -1.73. The number of amides is 2. The van der Waals surface area contributed by atoms with Crippen molar-refractivity contribution >= 4 is 46.2 Å². The predicted molar refractivity (Wildman–Crippen MR) is 89.1 cm³/mol. The van der Waals surface area contributed by atoms with Crippen molar-refractivity contribution in [1.29, 1.82) is 0 Å². The molecule has 22 heavy (non-hydrogen) atoms. The smallest absolute Gasteiger partial charge is 0.273 e. The lowest BCUT2D eigenvalue weighted by molar-refractivity contribution is -0.133. The number of hydrogen-bond donors (Lipinski definition) is 1. The first kappa shape index (κ1) is 16.6. The van der Waals surface area contributed by atoms with E-state index >= 15 is 0 Å². The van der Waals surface area contributed by atoms with Gasteiger partial charge >= 0.3 is 0 Å². The highest BCUT2D eigenvalue weighted by molar-refractivity contribution is 8.26. The van der Waals surface area contributed by atoms with Crippen molar-refractivity contribution in [3.63, 3.8) is 0 Å². The number of hydrogen-bond acceptors (Lipinski definition) is 4. The van der Waals surface area contributed by atoms with Crippen molar-refractivity contribution in [1.82, 2.24) is 10.4 Å². The van der Waals surface area contributed by atoms with E-state index in [1.54, 1.807) is 18.2 Å². The Balaban J connectivity index is 2.12. The molecule has 0 spiro atoms. The van der Waals surface area contributed by atoms with Crippen LogP contribution in [-0.4, -0.2) is 21.1 Å². The standard InChI is InChI=1S/C15H15FN2O2S2/c1-2-3-8-13(19)17-18-14(20)12(22-15(18)21)9-10-6-4-5-7-11(10)16/h4-7,9H,2-3,8H2,1H3,(H,17,19)/b12-9+. The lowest BCUT2D eigenvalue weighted by Gasteiger charge is -2.15. The molecule has 0 bridgehead atoms. The van der Waals surface area contributed by atoms with E-state index in [1.807, 2.05) is 6.92 Å². The summed E-state index contributed by atoms with van der Waals surface area (Å²) in [5.41, 5.74) is 2.80. The van der Waals surface area contributed by atoms with Gasteiger partial charge in [-0.25, -0.2) is 4.39 Å². The summed E-state index contributed by atoms with van der Waals surface area (Å²) in [6.07, 6.45) is 3.40. The average molecular weight is 338 g/mol. The third kappa shape index (κ3) is 3.92. The van der Waals surface area contributed by atoms with Gasteiger partial charge in [0.25, 0.3) is 5.91 Å². The Bertz CT molecular complexity index is 646. The maximum absolute atomic E-state index is 13.6. The van der Waals surface area contributed by atoms with E-state index in [9.17, 15) is 14.0 Å². The van der Waals surface area contributed by atoms with Crippen LogP contribution in [0, 0.1) is 5.82 Å². The summed E-state index contributed by atoms with van der Waals surface area (Å²) in [7, 11) is 0. The van der Waals surface area contributed by atoms with Crippen LogP contribution in [0.2, 0.25) is 0 Å². The molecule has 0 atom stereocenters. The summed E-state index contributed by atoms with van der Waals surface area (Å²) < 4.78 is 13.9. The minimum atomic E-state index is -0.442. The molecule has 1 aromatic carbocycles. The van der Waals surface area contributed by atoms with Crippen LogP contribution in [0.1, 0.15) is 31.7 Å². The Morgan fingerprint density at radius 2 is 2.18 bits per heavy atom. The lowest BCUT2D eigenvalue weighted by Crippen LogP contribution is -2.44. The summed E-state index contributed by atoms with van der Waals surface area (Å²) >= 11 is 6.13. The summed E-state index contributed by atoms with van der Waals surface area (Å²) in [4.78, 5) is 24.3. The zero-order valence-corrected chi connectivity index (χ0v) is 13.6. The number of hydrazine groups is 1. The molecule has 0 saturated carbocycles. The first-order valence-corrected chi connectivity index (χ1v) is 8.07. The summed E-state index contributed by atoms with van der Waals surface area (Å²) in [6.45, 7) is 1.98. The number of unbranched alkanes of at least 4 members (excludes halogenated alkanes) is 1. The molecular formula is C15H15FN2O2S2. The molecule has 0 unspecified atom stereocenters. The number of halogens is 1. The molecule has 0 radical (unpaired) electrons. The van der Waals surface area contributed by atoms with Crippen LogP contribution in [0.25, 0.3) is 6.08 Å². The first-order chi connectivity index (χ1) is 10.5. The number of rotatable bonds is 5. The summed E-state index contributed by atoms with van der Waals surface area (Å²) in [5.74, 6) is -1.12. The van der Waals surface area contributed by atoms with E-state index in [4.69, 9.17) is 12.2 Å². The summed E-state index contributed by atoms with van der Waals surface area (Å²) in [5, 5.41) is 1.05. The average Bonchev–Trinajstić information content (AvgIpc) is 2.75. The van der Waals surface area contributed by atoms with Gasteiger partial charge in [-0.3, -0.25) is 15.0 Å². The van der Waals surface area contributed by atoms with Gasteiger partial charge in [-0.1, -0.05) is 43.3 Å². The van der Waals surface area contributed by atoms with Crippen LogP contribution in [-0.2, 0) is 9.59 Å². The monoisotopic (exact) mass is 338 g/mol. The van der Waals surface area contributed by atoms with Crippen molar-refractivity contribution in [3.8, 4) is 0 Å². The molecule has 4 nitrogen and oxygen atoms in total. The number of benzene rings is 1. The Kier molecular flexibility index (Phi) is 5.68. The number of thioether (sulfide) groups is 1. The molecule has 2 amide bonds. The van der Waals surface area contributed by atoms with Gasteiger partial charge < -0.3 is 0 Å². The molecule has 2 rings (SSSR count). The first-order valence-electron chi connectivity index (χ1n) is 6.85. The second kappa shape index (κ2) is 7.51. The Labute approximate surface area is 137 Å². The van der Waals surface area contributed by atoms with E-state index in [-0.39, 0.29) is 15.1 Å². The number of nitrogens with zero attached hydrogens (tertiary/aromatic N) is 1. The van der Waals surface area contributed by atoms with Crippen LogP contribution in [0.5, 0.6) is 0 Å². The molecule has 1 N–H and O–H groups in total. The predicted octanol–water partition coefficient (Wildman–Crippen LogP) is 3.25. The molecule has 1 aliphatic rings. The quantitative estimate of drug-likeness (QED) is 0.661. The number of nitrogens with one attached hydrogen (secondary N) is 1. The van der Waals surface area contributed by atoms with Crippen LogP contribution in [0.3, 0.4) is 0 Å². The zero-order chi connectivity index (χ0) is 16.1. The van der Waals surface area contributed by atoms with Gasteiger partial charge in [-0.2, -0.15) is 5.01 Å². The van der Waals surface area contributed by atoms with Crippen molar-refractivity contribution in [2.75, 3.05) is 0 Å². The molecule has 1 aromatic rings. The molecular weight excluding hydrogens is 323 g/mol. The van der Waals surface area contributed by atoms with Crippen molar-refractivity contribution < 1.29 is 14.0 Å².